The van der Waals surface area contributed by atoms with E-state index in [9.17, 15) is 10.1 Å². The molecule has 0 amide bonds. The SMILES string of the molecule is CCOc1cc(NC(CN)C2CC2)ccc1[N+](=O)[O-]. The standard InChI is InChI=1S/C13H19N3O3/c1-2-19-13-7-10(5-6-12(13)16(17)18)15-11(8-14)9-3-4-9/h5-7,9,11,15H,2-4,8,14H2,1H3. The molecule has 104 valence electrons. The van der Waals surface area contributed by atoms with E-state index in [-0.39, 0.29) is 11.7 Å². The third kappa shape index (κ3) is 3.35. The van der Waals surface area contributed by atoms with E-state index in [0.29, 0.717) is 24.8 Å². The molecule has 3 N–H and O–H groups in total. The fourth-order valence-corrected chi connectivity index (χ4v) is 2.11. The predicted molar refractivity (Wildman–Crippen MR) is 73.5 cm³/mol. The summed E-state index contributed by atoms with van der Waals surface area (Å²) in [5, 5.41) is 14.2. The van der Waals surface area contributed by atoms with Crippen LogP contribution in [0.1, 0.15) is 19.8 Å². The lowest BCUT2D eigenvalue weighted by Crippen LogP contribution is -2.30. The molecule has 19 heavy (non-hydrogen) atoms. The summed E-state index contributed by atoms with van der Waals surface area (Å²) in [7, 11) is 0. The van der Waals surface area contributed by atoms with Gasteiger partial charge in [0.2, 0.25) is 0 Å². The first-order chi connectivity index (χ1) is 9.15. The van der Waals surface area contributed by atoms with Crippen molar-refractivity contribution in [3.8, 4) is 5.75 Å². The first kappa shape index (κ1) is 13.6. The summed E-state index contributed by atoms with van der Waals surface area (Å²) in [6.45, 7) is 2.76. The largest absolute Gasteiger partial charge is 0.487 e. The van der Waals surface area contributed by atoms with Gasteiger partial charge in [-0.2, -0.15) is 0 Å². The smallest absolute Gasteiger partial charge is 0.311 e. The minimum Gasteiger partial charge on any atom is -0.487 e. The first-order valence-electron chi connectivity index (χ1n) is 6.53. The third-order valence-electron chi connectivity index (χ3n) is 3.25. The van der Waals surface area contributed by atoms with Gasteiger partial charge in [-0.3, -0.25) is 10.1 Å². The number of nitro benzene ring substituents is 1. The van der Waals surface area contributed by atoms with Crippen LogP contribution in [0, 0.1) is 16.0 Å². The molecule has 1 aromatic rings. The Kier molecular flexibility index (Phi) is 4.21. The summed E-state index contributed by atoms with van der Waals surface area (Å²) in [6, 6.07) is 5.07. The van der Waals surface area contributed by atoms with E-state index < -0.39 is 4.92 Å². The van der Waals surface area contributed by atoms with Crippen molar-refractivity contribution in [3.63, 3.8) is 0 Å². The van der Waals surface area contributed by atoms with Gasteiger partial charge in [0.15, 0.2) is 5.75 Å². The summed E-state index contributed by atoms with van der Waals surface area (Å²) < 4.78 is 5.32. The van der Waals surface area contributed by atoms with E-state index in [1.807, 2.05) is 0 Å². The molecule has 6 heteroatoms. The second-order valence-corrected chi connectivity index (χ2v) is 4.70. The zero-order valence-corrected chi connectivity index (χ0v) is 11.0. The van der Waals surface area contributed by atoms with Gasteiger partial charge in [0, 0.05) is 30.4 Å². The van der Waals surface area contributed by atoms with Gasteiger partial charge in [0.05, 0.1) is 11.5 Å². The Balaban J connectivity index is 2.16. The Morgan fingerprint density at radius 2 is 2.32 bits per heavy atom. The second kappa shape index (κ2) is 5.88. The number of benzene rings is 1. The normalized spacial score (nSPS) is 15.9. The van der Waals surface area contributed by atoms with Gasteiger partial charge in [-0.15, -0.1) is 0 Å². The van der Waals surface area contributed by atoms with Crippen LogP contribution in [0.15, 0.2) is 18.2 Å². The number of nitrogens with one attached hydrogen (secondary N) is 1. The number of nitrogens with zero attached hydrogens (tertiary/aromatic N) is 1. The predicted octanol–water partition coefficient (Wildman–Crippen LogP) is 2.14. The fourth-order valence-electron chi connectivity index (χ4n) is 2.11. The lowest BCUT2D eigenvalue weighted by molar-refractivity contribution is -0.385. The second-order valence-electron chi connectivity index (χ2n) is 4.70. The van der Waals surface area contributed by atoms with Crippen molar-refractivity contribution in [1.29, 1.82) is 0 Å². The molecular weight excluding hydrogens is 246 g/mol. The molecule has 1 saturated carbocycles. The van der Waals surface area contributed by atoms with Crippen molar-refractivity contribution in [2.24, 2.45) is 11.7 Å². The summed E-state index contributed by atoms with van der Waals surface area (Å²) in [6.07, 6.45) is 2.39. The molecule has 0 aromatic heterocycles. The van der Waals surface area contributed by atoms with Gasteiger partial charge in [0.25, 0.3) is 0 Å². The highest BCUT2D eigenvalue weighted by molar-refractivity contribution is 5.58. The van der Waals surface area contributed by atoms with Gasteiger partial charge in [-0.25, -0.2) is 0 Å². The fraction of sp³-hybridized carbons (Fsp3) is 0.538. The average molecular weight is 265 g/mol. The molecule has 1 aromatic carbocycles. The lowest BCUT2D eigenvalue weighted by atomic mass is 10.1. The number of anilines is 1. The highest BCUT2D eigenvalue weighted by Gasteiger charge is 2.30. The Morgan fingerprint density at radius 3 is 2.84 bits per heavy atom. The minimum atomic E-state index is -0.434. The maximum atomic E-state index is 10.9. The minimum absolute atomic E-state index is 0.0110. The lowest BCUT2D eigenvalue weighted by Gasteiger charge is -2.18. The van der Waals surface area contributed by atoms with E-state index in [0.717, 1.165) is 5.69 Å². The van der Waals surface area contributed by atoms with E-state index in [1.54, 1.807) is 19.1 Å². The molecule has 1 fully saturated rings. The summed E-state index contributed by atoms with van der Waals surface area (Å²) >= 11 is 0. The summed E-state index contributed by atoms with van der Waals surface area (Å²) in [5.41, 5.74) is 6.54. The van der Waals surface area contributed by atoms with Crippen LogP contribution >= 0.6 is 0 Å². The highest BCUT2D eigenvalue weighted by atomic mass is 16.6. The molecule has 0 saturated heterocycles. The van der Waals surface area contributed by atoms with Crippen molar-refractivity contribution in [1.82, 2.24) is 0 Å². The van der Waals surface area contributed by atoms with E-state index >= 15 is 0 Å². The Bertz CT molecular complexity index is 460. The van der Waals surface area contributed by atoms with Crippen molar-refractivity contribution in [2.75, 3.05) is 18.5 Å². The number of nitrogens with two attached hydrogens (primary N) is 1. The summed E-state index contributed by atoms with van der Waals surface area (Å²) in [5.74, 6) is 0.916. The van der Waals surface area contributed by atoms with E-state index in [1.165, 1.54) is 18.9 Å². The monoisotopic (exact) mass is 265 g/mol. The van der Waals surface area contributed by atoms with Crippen molar-refractivity contribution < 1.29 is 9.66 Å². The molecule has 0 spiro atoms. The van der Waals surface area contributed by atoms with Crippen LogP contribution in [-0.4, -0.2) is 24.1 Å². The van der Waals surface area contributed by atoms with Crippen LogP contribution in [0.25, 0.3) is 0 Å². The average Bonchev–Trinajstić information content (AvgIpc) is 3.20. The van der Waals surface area contributed by atoms with Gasteiger partial charge in [0.1, 0.15) is 0 Å². The van der Waals surface area contributed by atoms with Crippen LogP contribution in [-0.2, 0) is 0 Å². The number of hydrogen-bond acceptors (Lipinski definition) is 5. The maximum Gasteiger partial charge on any atom is 0.311 e. The molecule has 1 aliphatic rings. The molecular formula is C13H19N3O3. The molecule has 0 heterocycles. The van der Waals surface area contributed by atoms with Crippen LogP contribution in [0.4, 0.5) is 11.4 Å². The van der Waals surface area contributed by atoms with Gasteiger partial charge in [-0.05, 0) is 31.7 Å². The molecule has 0 aliphatic heterocycles. The van der Waals surface area contributed by atoms with Gasteiger partial charge >= 0.3 is 5.69 Å². The third-order valence-corrected chi connectivity index (χ3v) is 3.25. The van der Waals surface area contributed by atoms with Crippen LogP contribution in [0.2, 0.25) is 0 Å². The number of nitro groups is 1. The highest BCUT2D eigenvalue weighted by Crippen LogP contribution is 2.35. The van der Waals surface area contributed by atoms with Gasteiger partial charge in [-0.1, -0.05) is 0 Å². The molecule has 0 bridgehead atoms. The van der Waals surface area contributed by atoms with Crippen LogP contribution < -0.4 is 15.8 Å². The van der Waals surface area contributed by atoms with Crippen LogP contribution in [0.3, 0.4) is 0 Å². The number of hydrogen-bond donors (Lipinski definition) is 2. The molecule has 6 nitrogen and oxygen atoms in total. The van der Waals surface area contributed by atoms with E-state index in [2.05, 4.69) is 5.32 Å². The Labute approximate surface area is 112 Å². The summed E-state index contributed by atoms with van der Waals surface area (Å²) in [4.78, 5) is 10.5. The quantitative estimate of drug-likeness (QED) is 0.582. The Morgan fingerprint density at radius 1 is 1.58 bits per heavy atom. The zero-order valence-electron chi connectivity index (χ0n) is 11.0. The molecule has 1 atom stereocenters. The van der Waals surface area contributed by atoms with Crippen molar-refractivity contribution in [2.45, 2.75) is 25.8 Å². The maximum absolute atomic E-state index is 10.9. The van der Waals surface area contributed by atoms with Gasteiger partial charge < -0.3 is 15.8 Å². The van der Waals surface area contributed by atoms with Crippen LogP contribution in [0.5, 0.6) is 5.75 Å². The Hall–Kier alpha value is -1.82. The zero-order chi connectivity index (χ0) is 13.8. The van der Waals surface area contributed by atoms with Crippen molar-refractivity contribution >= 4 is 11.4 Å². The molecule has 1 aliphatic carbocycles. The van der Waals surface area contributed by atoms with E-state index in [4.69, 9.17) is 10.5 Å². The number of rotatable bonds is 7. The first-order valence-corrected chi connectivity index (χ1v) is 6.53. The topological polar surface area (TPSA) is 90.4 Å². The molecule has 1 unspecified atom stereocenters. The van der Waals surface area contributed by atoms with Crippen molar-refractivity contribution in [3.05, 3.63) is 28.3 Å². The molecule has 0 radical (unpaired) electrons. The number of ether oxygens (including phenoxy) is 1. The molecule has 2 rings (SSSR count).